The molecule has 86 valence electrons. The van der Waals surface area contributed by atoms with Gasteiger partial charge in [-0.05, 0) is 18.8 Å². The zero-order valence-electron chi connectivity index (χ0n) is 9.02. The average Bonchev–Trinajstić information content (AvgIpc) is 3.09. The molecule has 1 aliphatic carbocycles. The van der Waals surface area contributed by atoms with Gasteiger partial charge >= 0.3 is 5.97 Å². The van der Waals surface area contributed by atoms with Gasteiger partial charge in [-0.15, -0.1) is 0 Å². The van der Waals surface area contributed by atoms with Gasteiger partial charge in [0.2, 0.25) is 0 Å². The monoisotopic (exact) mass is 221 g/mol. The van der Waals surface area contributed by atoms with Crippen LogP contribution >= 0.6 is 0 Å². The minimum atomic E-state index is -1.05. The van der Waals surface area contributed by atoms with E-state index in [1.807, 2.05) is 0 Å². The van der Waals surface area contributed by atoms with E-state index in [9.17, 15) is 4.79 Å². The first-order valence-corrected chi connectivity index (χ1v) is 5.55. The molecular weight excluding hydrogens is 206 g/mol. The van der Waals surface area contributed by atoms with Crippen LogP contribution in [0, 0.1) is 5.92 Å². The highest BCUT2D eigenvalue weighted by atomic mass is 16.4. The van der Waals surface area contributed by atoms with Gasteiger partial charge in [-0.2, -0.15) is 0 Å². The zero-order chi connectivity index (χ0) is 11.4. The molecule has 5 heteroatoms. The molecule has 1 aromatic heterocycles. The van der Waals surface area contributed by atoms with Gasteiger partial charge in [0.15, 0.2) is 5.69 Å². The Morgan fingerprint density at radius 3 is 3.00 bits per heavy atom. The summed E-state index contributed by atoms with van der Waals surface area (Å²) in [5, 5.41) is 11.8. The summed E-state index contributed by atoms with van der Waals surface area (Å²) in [6.07, 6.45) is 7.88. The lowest BCUT2D eigenvalue weighted by Gasteiger charge is -2.04. The van der Waals surface area contributed by atoms with Crippen molar-refractivity contribution in [2.24, 2.45) is 5.92 Å². The highest BCUT2D eigenvalue weighted by Crippen LogP contribution is 2.33. The highest BCUT2D eigenvalue weighted by molar-refractivity contribution is 5.85. The SMILES string of the molecule is O=C(O)c1cncc(NCCCC2CC2)n1. The maximum atomic E-state index is 10.7. The van der Waals surface area contributed by atoms with Gasteiger partial charge in [-0.1, -0.05) is 12.8 Å². The van der Waals surface area contributed by atoms with Gasteiger partial charge in [0.05, 0.1) is 12.4 Å². The Bertz CT molecular complexity index is 377. The Labute approximate surface area is 93.9 Å². The maximum Gasteiger partial charge on any atom is 0.356 e. The van der Waals surface area contributed by atoms with Crippen LogP contribution in [-0.2, 0) is 0 Å². The highest BCUT2D eigenvalue weighted by Gasteiger charge is 2.19. The molecule has 1 saturated carbocycles. The third-order valence-corrected chi connectivity index (χ3v) is 2.65. The molecule has 0 radical (unpaired) electrons. The number of rotatable bonds is 6. The van der Waals surface area contributed by atoms with Crippen molar-refractivity contribution in [2.75, 3.05) is 11.9 Å². The number of aromatic nitrogens is 2. The van der Waals surface area contributed by atoms with Gasteiger partial charge < -0.3 is 10.4 Å². The van der Waals surface area contributed by atoms with Gasteiger partial charge in [-0.25, -0.2) is 9.78 Å². The molecule has 0 aromatic carbocycles. The molecule has 1 heterocycles. The predicted octanol–water partition coefficient (Wildman–Crippen LogP) is 1.78. The summed E-state index contributed by atoms with van der Waals surface area (Å²) in [7, 11) is 0. The third kappa shape index (κ3) is 3.18. The van der Waals surface area contributed by atoms with Crippen molar-refractivity contribution in [1.29, 1.82) is 0 Å². The first-order valence-electron chi connectivity index (χ1n) is 5.55. The lowest BCUT2D eigenvalue weighted by molar-refractivity contribution is 0.0690. The van der Waals surface area contributed by atoms with Crippen molar-refractivity contribution < 1.29 is 9.90 Å². The van der Waals surface area contributed by atoms with Gasteiger partial charge in [0, 0.05) is 6.54 Å². The molecule has 0 atom stereocenters. The molecule has 0 bridgehead atoms. The first kappa shape index (κ1) is 10.9. The number of aromatic carboxylic acids is 1. The van der Waals surface area contributed by atoms with Crippen LogP contribution in [0.5, 0.6) is 0 Å². The Hall–Kier alpha value is -1.65. The molecule has 0 saturated heterocycles. The smallest absolute Gasteiger partial charge is 0.356 e. The Morgan fingerprint density at radius 1 is 1.50 bits per heavy atom. The molecule has 0 amide bonds. The summed E-state index contributed by atoms with van der Waals surface area (Å²) in [4.78, 5) is 18.4. The number of hydrogen-bond donors (Lipinski definition) is 2. The van der Waals surface area contributed by atoms with E-state index in [0.717, 1.165) is 18.9 Å². The fourth-order valence-electron chi connectivity index (χ4n) is 1.57. The summed E-state index contributed by atoms with van der Waals surface area (Å²) < 4.78 is 0. The summed E-state index contributed by atoms with van der Waals surface area (Å²) in [6.45, 7) is 0.828. The van der Waals surface area contributed by atoms with E-state index in [1.165, 1.54) is 25.5 Å². The Morgan fingerprint density at radius 2 is 2.31 bits per heavy atom. The van der Waals surface area contributed by atoms with Gasteiger partial charge in [-0.3, -0.25) is 4.98 Å². The minimum absolute atomic E-state index is 0.0211. The third-order valence-electron chi connectivity index (χ3n) is 2.65. The van der Waals surface area contributed by atoms with Crippen molar-refractivity contribution in [3.63, 3.8) is 0 Å². The standard InChI is InChI=1S/C11H15N3O2/c15-11(16)9-6-12-7-10(14-9)13-5-1-2-8-3-4-8/h6-8H,1-5H2,(H,13,14)(H,15,16). The number of hydrogen-bond acceptors (Lipinski definition) is 4. The molecular formula is C11H15N3O2. The quantitative estimate of drug-likeness (QED) is 0.716. The number of anilines is 1. The number of carboxylic acids is 1. The van der Waals surface area contributed by atoms with E-state index < -0.39 is 5.97 Å². The maximum absolute atomic E-state index is 10.7. The summed E-state index contributed by atoms with van der Waals surface area (Å²) in [5.41, 5.74) is -0.0211. The van der Waals surface area contributed by atoms with Crippen molar-refractivity contribution in [1.82, 2.24) is 9.97 Å². The number of carboxylic acid groups (broad SMARTS) is 1. The fraction of sp³-hybridized carbons (Fsp3) is 0.545. The number of nitrogens with zero attached hydrogens (tertiary/aromatic N) is 2. The van der Waals surface area contributed by atoms with E-state index in [4.69, 9.17) is 5.11 Å². The molecule has 2 rings (SSSR count). The fourth-order valence-corrected chi connectivity index (χ4v) is 1.57. The van der Waals surface area contributed by atoms with Crippen LogP contribution in [0.25, 0.3) is 0 Å². The van der Waals surface area contributed by atoms with E-state index >= 15 is 0 Å². The van der Waals surface area contributed by atoms with Crippen LogP contribution in [0.15, 0.2) is 12.4 Å². The molecule has 0 aliphatic heterocycles. The lowest BCUT2D eigenvalue weighted by Crippen LogP contribution is -2.08. The topological polar surface area (TPSA) is 75.1 Å². The minimum Gasteiger partial charge on any atom is -0.476 e. The van der Waals surface area contributed by atoms with E-state index in [1.54, 1.807) is 6.20 Å². The summed E-state index contributed by atoms with van der Waals surface area (Å²) in [5.74, 6) is 0.420. The molecule has 5 nitrogen and oxygen atoms in total. The molecule has 0 spiro atoms. The van der Waals surface area contributed by atoms with Crippen molar-refractivity contribution in [3.8, 4) is 0 Å². The van der Waals surface area contributed by atoms with Crippen molar-refractivity contribution in [2.45, 2.75) is 25.7 Å². The van der Waals surface area contributed by atoms with E-state index in [0.29, 0.717) is 5.82 Å². The Balaban J connectivity index is 1.78. The van der Waals surface area contributed by atoms with E-state index in [-0.39, 0.29) is 5.69 Å². The molecule has 1 aromatic rings. The van der Waals surface area contributed by atoms with Crippen molar-refractivity contribution in [3.05, 3.63) is 18.1 Å². The van der Waals surface area contributed by atoms with Crippen LogP contribution < -0.4 is 5.32 Å². The largest absolute Gasteiger partial charge is 0.476 e. The molecule has 0 unspecified atom stereocenters. The molecule has 2 N–H and O–H groups in total. The second kappa shape index (κ2) is 4.92. The van der Waals surface area contributed by atoms with Crippen LogP contribution in [0.1, 0.15) is 36.2 Å². The lowest BCUT2D eigenvalue weighted by atomic mass is 10.2. The van der Waals surface area contributed by atoms with Crippen LogP contribution in [0.3, 0.4) is 0 Å². The molecule has 1 aliphatic rings. The van der Waals surface area contributed by atoms with Crippen LogP contribution in [-0.4, -0.2) is 27.6 Å². The van der Waals surface area contributed by atoms with Crippen LogP contribution in [0.4, 0.5) is 5.82 Å². The van der Waals surface area contributed by atoms with Gasteiger partial charge in [0.1, 0.15) is 5.82 Å². The first-order chi connectivity index (χ1) is 7.75. The number of nitrogens with one attached hydrogen (secondary N) is 1. The molecule has 16 heavy (non-hydrogen) atoms. The second-order valence-corrected chi connectivity index (χ2v) is 4.11. The average molecular weight is 221 g/mol. The van der Waals surface area contributed by atoms with Gasteiger partial charge in [0.25, 0.3) is 0 Å². The summed E-state index contributed by atoms with van der Waals surface area (Å²) in [6, 6.07) is 0. The van der Waals surface area contributed by atoms with Crippen molar-refractivity contribution >= 4 is 11.8 Å². The zero-order valence-corrected chi connectivity index (χ0v) is 9.02. The summed E-state index contributed by atoms with van der Waals surface area (Å²) >= 11 is 0. The Kier molecular flexibility index (Phi) is 3.34. The normalized spacial score (nSPS) is 14.8. The second-order valence-electron chi connectivity index (χ2n) is 4.11. The van der Waals surface area contributed by atoms with Crippen LogP contribution in [0.2, 0.25) is 0 Å². The van der Waals surface area contributed by atoms with E-state index in [2.05, 4.69) is 15.3 Å². The number of carbonyl (C=O) groups is 1. The molecule has 1 fully saturated rings. The predicted molar refractivity (Wildman–Crippen MR) is 59.4 cm³/mol.